The van der Waals surface area contributed by atoms with E-state index in [9.17, 15) is 24.5 Å². The zero-order valence-corrected chi connectivity index (χ0v) is 16.3. The SMILES string of the molecule is COc1cc([N+](=O)[O-])ccc1NC(=O)C/C(C)=N\NC(=O)C(=O)NC(C)(C)C. The summed E-state index contributed by atoms with van der Waals surface area (Å²) in [6.45, 7) is 6.67. The number of nitro benzene ring substituents is 1. The molecular formula is C17H23N5O6. The molecule has 0 unspecified atom stereocenters. The van der Waals surface area contributed by atoms with Crippen LogP contribution >= 0.6 is 0 Å². The topological polar surface area (TPSA) is 152 Å². The standard InChI is InChI=1S/C17H23N5O6/c1-10(20-21-16(25)15(24)19-17(2,3)4)8-14(23)18-12-7-6-11(22(26)27)9-13(12)28-5/h6-7,9H,8H2,1-5H3,(H,18,23)(H,19,24)(H,21,25)/b20-10-. The molecule has 0 saturated heterocycles. The molecule has 1 rings (SSSR count). The number of nitrogens with one attached hydrogen (secondary N) is 3. The first-order valence-electron chi connectivity index (χ1n) is 8.21. The number of hydrogen-bond acceptors (Lipinski definition) is 7. The lowest BCUT2D eigenvalue weighted by Gasteiger charge is -2.19. The third kappa shape index (κ3) is 7.40. The molecular weight excluding hydrogens is 370 g/mol. The number of hydrazone groups is 1. The van der Waals surface area contributed by atoms with Crippen LogP contribution in [-0.2, 0) is 14.4 Å². The van der Waals surface area contributed by atoms with Gasteiger partial charge >= 0.3 is 11.8 Å². The van der Waals surface area contributed by atoms with Gasteiger partial charge in [-0.3, -0.25) is 24.5 Å². The van der Waals surface area contributed by atoms with Gasteiger partial charge in [0.15, 0.2) is 0 Å². The lowest BCUT2D eigenvalue weighted by molar-refractivity contribution is -0.384. The van der Waals surface area contributed by atoms with Crippen LogP contribution < -0.4 is 20.8 Å². The molecule has 11 heteroatoms. The summed E-state index contributed by atoms with van der Waals surface area (Å²) in [6.07, 6.45) is -0.179. The zero-order valence-electron chi connectivity index (χ0n) is 16.3. The van der Waals surface area contributed by atoms with Gasteiger partial charge in [-0.2, -0.15) is 5.10 Å². The van der Waals surface area contributed by atoms with Gasteiger partial charge in [0, 0.05) is 17.3 Å². The summed E-state index contributed by atoms with van der Waals surface area (Å²) in [4.78, 5) is 45.6. The highest BCUT2D eigenvalue weighted by Crippen LogP contribution is 2.29. The third-order valence-corrected chi connectivity index (χ3v) is 3.13. The van der Waals surface area contributed by atoms with Crippen molar-refractivity contribution in [3.05, 3.63) is 28.3 Å². The molecule has 0 spiro atoms. The van der Waals surface area contributed by atoms with E-state index >= 15 is 0 Å². The molecule has 0 atom stereocenters. The van der Waals surface area contributed by atoms with Crippen molar-refractivity contribution in [1.82, 2.24) is 10.7 Å². The summed E-state index contributed by atoms with van der Waals surface area (Å²) in [5, 5.41) is 19.5. The van der Waals surface area contributed by atoms with Crippen molar-refractivity contribution in [1.29, 1.82) is 0 Å². The van der Waals surface area contributed by atoms with Crippen LogP contribution in [0.15, 0.2) is 23.3 Å². The van der Waals surface area contributed by atoms with Gasteiger partial charge in [0.2, 0.25) is 5.91 Å². The molecule has 0 aliphatic heterocycles. The second-order valence-electron chi connectivity index (χ2n) is 6.86. The van der Waals surface area contributed by atoms with Crippen molar-refractivity contribution in [2.45, 2.75) is 39.7 Å². The molecule has 0 bridgehead atoms. The smallest absolute Gasteiger partial charge is 0.329 e. The lowest BCUT2D eigenvalue weighted by Crippen LogP contribution is -2.47. The summed E-state index contributed by atoms with van der Waals surface area (Å²) < 4.78 is 5.04. The molecule has 152 valence electrons. The molecule has 0 saturated carbocycles. The number of carbonyl (C=O) groups is 3. The maximum absolute atomic E-state index is 12.1. The van der Waals surface area contributed by atoms with Crippen molar-refractivity contribution in [3.8, 4) is 5.75 Å². The van der Waals surface area contributed by atoms with E-state index in [0.717, 1.165) is 0 Å². The average Bonchev–Trinajstić information content (AvgIpc) is 2.58. The Morgan fingerprint density at radius 1 is 1.21 bits per heavy atom. The number of carbonyl (C=O) groups excluding carboxylic acids is 3. The number of benzene rings is 1. The fourth-order valence-electron chi connectivity index (χ4n) is 1.96. The van der Waals surface area contributed by atoms with Crippen molar-refractivity contribution in [3.63, 3.8) is 0 Å². The molecule has 0 aliphatic carbocycles. The van der Waals surface area contributed by atoms with Crippen molar-refractivity contribution in [2.75, 3.05) is 12.4 Å². The molecule has 3 amide bonds. The van der Waals surface area contributed by atoms with Crippen LogP contribution in [0.3, 0.4) is 0 Å². The molecule has 1 aromatic rings. The van der Waals surface area contributed by atoms with Gasteiger partial charge < -0.3 is 15.4 Å². The van der Waals surface area contributed by atoms with E-state index in [2.05, 4.69) is 21.2 Å². The number of ether oxygens (including phenoxy) is 1. The molecule has 0 radical (unpaired) electrons. The minimum absolute atomic E-state index is 0.129. The summed E-state index contributed by atoms with van der Waals surface area (Å²) in [6, 6.07) is 3.76. The van der Waals surface area contributed by atoms with Gasteiger partial charge in [-0.1, -0.05) is 0 Å². The first-order chi connectivity index (χ1) is 12.9. The number of rotatable bonds is 6. The summed E-state index contributed by atoms with van der Waals surface area (Å²) in [5.41, 5.74) is 1.82. The molecule has 1 aromatic carbocycles. The van der Waals surface area contributed by atoms with E-state index in [-0.39, 0.29) is 29.3 Å². The Labute approximate surface area is 161 Å². The predicted octanol–water partition coefficient (Wildman–Crippen LogP) is 1.34. The highest BCUT2D eigenvalue weighted by Gasteiger charge is 2.20. The van der Waals surface area contributed by atoms with Crippen LogP contribution in [0.1, 0.15) is 34.1 Å². The summed E-state index contributed by atoms with van der Waals surface area (Å²) >= 11 is 0. The maximum Gasteiger partial charge on any atom is 0.329 e. The largest absolute Gasteiger partial charge is 0.494 e. The Balaban J connectivity index is 2.68. The predicted molar refractivity (Wildman–Crippen MR) is 102 cm³/mol. The van der Waals surface area contributed by atoms with Gasteiger partial charge in [-0.05, 0) is 33.8 Å². The van der Waals surface area contributed by atoms with Crippen molar-refractivity contribution < 1.29 is 24.0 Å². The van der Waals surface area contributed by atoms with Crippen LogP contribution in [0.2, 0.25) is 0 Å². The quantitative estimate of drug-likeness (QED) is 0.287. The summed E-state index contributed by atoms with van der Waals surface area (Å²) in [5.74, 6) is -2.15. The summed E-state index contributed by atoms with van der Waals surface area (Å²) in [7, 11) is 1.32. The van der Waals surface area contributed by atoms with Crippen LogP contribution in [0.25, 0.3) is 0 Å². The average molecular weight is 393 g/mol. The minimum atomic E-state index is -0.952. The van der Waals surface area contributed by atoms with E-state index < -0.39 is 28.2 Å². The molecule has 0 aromatic heterocycles. The second-order valence-corrected chi connectivity index (χ2v) is 6.86. The molecule has 0 heterocycles. The number of amides is 3. The highest BCUT2D eigenvalue weighted by atomic mass is 16.6. The van der Waals surface area contributed by atoms with Crippen LogP contribution in [0, 0.1) is 10.1 Å². The minimum Gasteiger partial charge on any atom is -0.494 e. The lowest BCUT2D eigenvalue weighted by atomic mass is 10.1. The first kappa shape index (κ1) is 22.5. The van der Waals surface area contributed by atoms with E-state index in [1.165, 1.54) is 32.2 Å². The second kappa shape index (κ2) is 9.44. The Kier molecular flexibility index (Phi) is 7.60. The first-order valence-corrected chi connectivity index (χ1v) is 8.21. The van der Waals surface area contributed by atoms with Gasteiger partial charge in [0.1, 0.15) is 5.75 Å². The Morgan fingerprint density at radius 2 is 1.86 bits per heavy atom. The zero-order chi connectivity index (χ0) is 21.5. The van der Waals surface area contributed by atoms with Gasteiger partial charge in [0.25, 0.3) is 5.69 Å². The highest BCUT2D eigenvalue weighted by molar-refractivity contribution is 6.35. The maximum atomic E-state index is 12.1. The van der Waals surface area contributed by atoms with Crippen molar-refractivity contribution >= 4 is 34.8 Å². The third-order valence-electron chi connectivity index (χ3n) is 3.13. The van der Waals surface area contributed by atoms with Gasteiger partial charge in [-0.25, -0.2) is 5.43 Å². The Bertz CT molecular complexity index is 813. The van der Waals surface area contributed by atoms with Gasteiger partial charge in [0.05, 0.1) is 30.2 Å². The fraction of sp³-hybridized carbons (Fsp3) is 0.412. The number of nitro groups is 1. The molecule has 0 fully saturated rings. The molecule has 3 N–H and O–H groups in total. The molecule has 28 heavy (non-hydrogen) atoms. The van der Waals surface area contributed by atoms with Crippen LogP contribution in [-0.4, -0.2) is 41.0 Å². The number of hydrogen-bond donors (Lipinski definition) is 3. The Morgan fingerprint density at radius 3 is 2.39 bits per heavy atom. The Hall–Kier alpha value is -3.50. The van der Waals surface area contributed by atoms with Crippen LogP contribution in [0.5, 0.6) is 5.75 Å². The van der Waals surface area contributed by atoms with Gasteiger partial charge in [-0.15, -0.1) is 0 Å². The van der Waals surface area contributed by atoms with E-state index in [1.807, 2.05) is 0 Å². The van der Waals surface area contributed by atoms with E-state index in [1.54, 1.807) is 20.8 Å². The number of nitrogens with zero attached hydrogens (tertiary/aromatic N) is 2. The fourth-order valence-corrected chi connectivity index (χ4v) is 1.96. The van der Waals surface area contributed by atoms with E-state index in [4.69, 9.17) is 4.74 Å². The normalized spacial score (nSPS) is 11.4. The van der Waals surface area contributed by atoms with Crippen molar-refractivity contribution in [2.24, 2.45) is 5.10 Å². The number of non-ortho nitro benzene ring substituents is 1. The molecule has 11 nitrogen and oxygen atoms in total. The van der Waals surface area contributed by atoms with E-state index in [0.29, 0.717) is 0 Å². The number of methoxy groups -OCH3 is 1. The van der Waals surface area contributed by atoms with Crippen LogP contribution in [0.4, 0.5) is 11.4 Å². The monoisotopic (exact) mass is 393 g/mol. The number of anilines is 1. The molecule has 0 aliphatic rings.